The molecule has 0 radical (unpaired) electrons. The van der Waals surface area contributed by atoms with Crippen LogP contribution < -0.4 is 5.32 Å². The van der Waals surface area contributed by atoms with Crippen molar-refractivity contribution in [2.45, 2.75) is 60.8 Å². The molecule has 1 amide bonds. The van der Waals surface area contributed by atoms with Gasteiger partial charge in [0.25, 0.3) is 0 Å². The molecule has 0 aromatic carbocycles. The molecule has 1 aliphatic carbocycles. The number of hydrogen-bond donors (Lipinski definition) is 1. The quantitative estimate of drug-likeness (QED) is 0.793. The fraction of sp³-hybridized carbons (Fsp3) is 0.882. The summed E-state index contributed by atoms with van der Waals surface area (Å²) in [7, 11) is 0. The molecule has 4 heteroatoms. The van der Waals surface area contributed by atoms with Gasteiger partial charge in [0.15, 0.2) is 0 Å². The molecule has 1 fully saturated rings. The molecular formula is C17H31NO3. The minimum Gasteiger partial charge on any atom is -0.465 e. The molecule has 21 heavy (non-hydrogen) atoms. The normalized spacial score (nSPS) is 28.2. The van der Waals surface area contributed by atoms with E-state index < -0.39 is 5.41 Å². The van der Waals surface area contributed by atoms with Gasteiger partial charge in [-0.15, -0.1) is 0 Å². The average Bonchev–Trinajstić information content (AvgIpc) is 2.34. The number of esters is 1. The lowest BCUT2D eigenvalue weighted by Gasteiger charge is -2.48. The highest BCUT2D eigenvalue weighted by Crippen LogP contribution is 2.51. The monoisotopic (exact) mass is 297 g/mol. The molecule has 0 aromatic rings. The number of carbonyl (C=O) groups excluding carboxylic acids is 2. The average molecular weight is 297 g/mol. The number of carbonyl (C=O) groups is 2. The lowest BCUT2D eigenvalue weighted by molar-refractivity contribution is -0.147. The van der Waals surface area contributed by atoms with Gasteiger partial charge in [-0.25, -0.2) is 0 Å². The van der Waals surface area contributed by atoms with Gasteiger partial charge in [-0.3, -0.25) is 9.59 Å². The fourth-order valence-electron chi connectivity index (χ4n) is 3.96. The van der Waals surface area contributed by atoms with E-state index in [1.54, 1.807) is 6.92 Å². The Morgan fingerprint density at radius 2 is 1.90 bits per heavy atom. The first-order chi connectivity index (χ1) is 9.62. The van der Waals surface area contributed by atoms with Crippen molar-refractivity contribution in [1.82, 2.24) is 5.32 Å². The number of amides is 1. The van der Waals surface area contributed by atoms with Gasteiger partial charge in [-0.1, -0.05) is 34.6 Å². The molecular weight excluding hydrogens is 266 g/mol. The van der Waals surface area contributed by atoms with Crippen LogP contribution in [0.1, 0.15) is 60.8 Å². The molecule has 0 saturated heterocycles. The Kier molecular flexibility index (Phi) is 5.83. The molecule has 0 bridgehead atoms. The molecule has 1 unspecified atom stereocenters. The van der Waals surface area contributed by atoms with Gasteiger partial charge in [0.05, 0.1) is 6.61 Å². The van der Waals surface area contributed by atoms with Crippen LogP contribution in [-0.4, -0.2) is 25.0 Å². The van der Waals surface area contributed by atoms with Crippen LogP contribution in [0.4, 0.5) is 0 Å². The molecule has 1 saturated carbocycles. The fourth-order valence-corrected chi connectivity index (χ4v) is 3.96. The zero-order chi connectivity index (χ0) is 16.3. The Morgan fingerprint density at radius 3 is 2.43 bits per heavy atom. The molecule has 1 aliphatic rings. The molecule has 0 heterocycles. The van der Waals surface area contributed by atoms with E-state index in [9.17, 15) is 9.59 Å². The Hall–Kier alpha value is -1.06. The second kappa shape index (κ2) is 6.80. The Bertz CT molecular complexity index is 389. The highest BCUT2D eigenvalue weighted by Gasteiger charge is 2.49. The summed E-state index contributed by atoms with van der Waals surface area (Å²) >= 11 is 0. The van der Waals surface area contributed by atoms with E-state index in [1.165, 1.54) is 0 Å². The predicted octanol–water partition coefficient (Wildman–Crippen LogP) is 3.15. The summed E-state index contributed by atoms with van der Waals surface area (Å²) in [5.41, 5.74) is -0.246. The van der Waals surface area contributed by atoms with E-state index in [0.717, 1.165) is 19.3 Å². The van der Waals surface area contributed by atoms with Crippen molar-refractivity contribution in [3.05, 3.63) is 0 Å². The van der Waals surface area contributed by atoms with E-state index in [2.05, 4.69) is 39.9 Å². The van der Waals surface area contributed by atoms with Crippen molar-refractivity contribution < 1.29 is 14.3 Å². The predicted molar refractivity (Wildman–Crippen MR) is 83.7 cm³/mol. The maximum Gasteiger partial charge on any atom is 0.325 e. The summed E-state index contributed by atoms with van der Waals surface area (Å²) in [5.74, 6) is 0.430. The van der Waals surface area contributed by atoms with Gasteiger partial charge < -0.3 is 10.1 Å². The molecule has 122 valence electrons. The molecule has 4 nitrogen and oxygen atoms in total. The third-order valence-electron chi connectivity index (χ3n) is 4.82. The molecule has 1 rings (SSSR count). The van der Waals surface area contributed by atoms with Crippen LogP contribution in [0.3, 0.4) is 0 Å². The standard InChI is InChI=1S/C17H31NO3/c1-7-21-14(19)10-18-15(20)17(6)11-16(4,5)9-8-13(17)12(2)3/h12-13H,7-11H2,1-6H3,(H,18,20)/t13?,17-/m0/s1. The summed E-state index contributed by atoms with van der Waals surface area (Å²) < 4.78 is 4.87. The lowest BCUT2D eigenvalue weighted by Crippen LogP contribution is -2.51. The summed E-state index contributed by atoms with van der Waals surface area (Å²) in [5, 5.41) is 2.79. The first kappa shape index (κ1) is 18.0. The van der Waals surface area contributed by atoms with Crippen molar-refractivity contribution in [1.29, 1.82) is 0 Å². The summed E-state index contributed by atoms with van der Waals surface area (Å²) in [6, 6.07) is 0. The molecule has 2 atom stereocenters. The molecule has 0 aromatic heterocycles. The van der Waals surface area contributed by atoms with Crippen LogP contribution in [0, 0.1) is 22.7 Å². The van der Waals surface area contributed by atoms with Gasteiger partial charge >= 0.3 is 5.97 Å². The van der Waals surface area contributed by atoms with Crippen molar-refractivity contribution in [2.24, 2.45) is 22.7 Å². The van der Waals surface area contributed by atoms with Gasteiger partial charge in [0.1, 0.15) is 6.54 Å². The van der Waals surface area contributed by atoms with E-state index in [4.69, 9.17) is 4.74 Å². The highest BCUT2D eigenvalue weighted by atomic mass is 16.5. The van der Waals surface area contributed by atoms with Gasteiger partial charge in [-0.05, 0) is 43.4 Å². The second-order valence-electron chi connectivity index (χ2n) is 7.64. The lowest BCUT2D eigenvalue weighted by atomic mass is 9.56. The van der Waals surface area contributed by atoms with Crippen LogP contribution in [0.5, 0.6) is 0 Å². The first-order valence-corrected chi connectivity index (χ1v) is 8.06. The number of nitrogens with one attached hydrogen (secondary N) is 1. The Morgan fingerprint density at radius 1 is 1.29 bits per heavy atom. The van der Waals surface area contributed by atoms with Gasteiger partial charge in [0.2, 0.25) is 5.91 Å². The number of rotatable bonds is 5. The number of hydrogen-bond acceptors (Lipinski definition) is 3. The number of ether oxygens (including phenoxy) is 1. The van der Waals surface area contributed by atoms with Crippen molar-refractivity contribution >= 4 is 11.9 Å². The first-order valence-electron chi connectivity index (χ1n) is 8.06. The van der Waals surface area contributed by atoms with E-state index in [-0.39, 0.29) is 23.8 Å². The van der Waals surface area contributed by atoms with E-state index in [0.29, 0.717) is 18.4 Å². The Labute approximate surface area is 129 Å². The summed E-state index contributed by atoms with van der Waals surface area (Å²) in [6.45, 7) is 12.9. The zero-order valence-corrected chi connectivity index (χ0v) is 14.4. The van der Waals surface area contributed by atoms with Crippen molar-refractivity contribution in [2.75, 3.05) is 13.2 Å². The SMILES string of the molecule is CCOC(=O)CNC(=O)[C@@]1(C)CC(C)(C)CCC1C(C)C. The maximum atomic E-state index is 12.7. The van der Waals surface area contributed by atoms with Crippen molar-refractivity contribution in [3.63, 3.8) is 0 Å². The highest BCUT2D eigenvalue weighted by molar-refractivity contribution is 5.86. The Balaban J connectivity index is 2.81. The zero-order valence-electron chi connectivity index (χ0n) is 14.4. The van der Waals surface area contributed by atoms with Crippen LogP contribution >= 0.6 is 0 Å². The summed E-state index contributed by atoms with van der Waals surface area (Å²) in [6.07, 6.45) is 3.07. The van der Waals surface area contributed by atoms with Crippen LogP contribution in [-0.2, 0) is 14.3 Å². The second-order valence-corrected chi connectivity index (χ2v) is 7.64. The topological polar surface area (TPSA) is 55.4 Å². The summed E-state index contributed by atoms with van der Waals surface area (Å²) in [4.78, 5) is 24.2. The molecule has 0 spiro atoms. The smallest absolute Gasteiger partial charge is 0.325 e. The van der Waals surface area contributed by atoms with Crippen LogP contribution in [0.25, 0.3) is 0 Å². The van der Waals surface area contributed by atoms with Crippen LogP contribution in [0.2, 0.25) is 0 Å². The third-order valence-corrected chi connectivity index (χ3v) is 4.82. The van der Waals surface area contributed by atoms with Gasteiger partial charge in [-0.2, -0.15) is 0 Å². The van der Waals surface area contributed by atoms with E-state index in [1.807, 2.05) is 0 Å². The molecule has 0 aliphatic heterocycles. The van der Waals surface area contributed by atoms with E-state index >= 15 is 0 Å². The molecule has 1 N–H and O–H groups in total. The van der Waals surface area contributed by atoms with Crippen LogP contribution in [0.15, 0.2) is 0 Å². The minimum absolute atomic E-state index is 0.0120. The van der Waals surface area contributed by atoms with Gasteiger partial charge in [0, 0.05) is 5.41 Å². The minimum atomic E-state index is -0.414. The maximum absolute atomic E-state index is 12.7. The van der Waals surface area contributed by atoms with Crippen molar-refractivity contribution in [3.8, 4) is 0 Å². The third kappa shape index (κ3) is 4.45. The largest absolute Gasteiger partial charge is 0.465 e.